The number of carboxylic acid groups (broad SMARTS) is 1. The first-order valence-electron chi connectivity index (χ1n) is 6.20. The van der Waals surface area contributed by atoms with Crippen molar-refractivity contribution in [1.29, 1.82) is 0 Å². The molecule has 1 aromatic heterocycles. The van der Waals surface area contributed by atoms with Crippen LogP contribution in [-0.2, 0) is 4.79 Å². The van der Waals surface area contributed by atoms with E-state index < -0.39 is 17.9 Å². The minimum absolute atomic E-state index is 0.0683. The van der Waals surface area contributed by atoms with Crippen LogP contribution < -0.4 is 10.7 Å². The van der Waals surface area contributed by atoms with E-state index in [-0.39, 0.29) is 23.2 Å². The average Bonchev–Trinajstić information content (AvgIpc) is 2.46. The van der Waals surface area contributed by atoms with Crippen molar-refractivity contribution in [3.63, 3.8) is 0 Å². The number of carbonyl (C=O) groups excluding carboxylic acids is 1. The monoisotopic (exact) mass is 287 g/mol. The zero-order valence-electron chi connectivity index (χ0n) is 11.0. The maximum absolute atomic E-state index is 12.0. The SMILES string of the molecule is C=CCC(NC(=O)c1cc(=O)c2ccccc2o1)C(=O)O. The van der Waals surface area contributed by atoms with E-state index in [0.717, 1.165) is 6.07 Å². The van der Waals surface area contributed by atoms with Crippen LogP contribution in [0.15, 0.2) is 52.2 Å². The van der Waals surface area contributed by atoms with E-state index >= 15 is 0 Å². The van der Waals surface area contributed by atoms with Crippen molar-refractivity contribution in [1.82, 2.24) is 5.32 Å². The normalized spacial score (nSPS) is 11.8. The van der Waals surface area contributed by atoms with Gasteiger partial charge >= 0.3 is 5.97 Å². The van der Waals surface area contributed by atoms with Crippen molar-refractivity contribution in [3.8, 4) is 0 Å². The van der Waals surface area contributed by atoms with Crippen molar-refractivity contribution in [3.05, 3.63) is 59.0 Å². The smallest absolute Gasteiger partial charge is 0.326 e. The Morgan fingerprint density at radius 2 is 2.10 bits per heavy atom. The average molecular weight is 287 g/mol. The molecule has 0 spiro atoms. The number of aliphatic carboxylic acids is 1. The van der Waals surface area contributed by atoms with Crippen LogP contribution in [-0.4, -0.2) is 23.0 Å². The van der Waals surface area contributed by atoms with Gasteiger partial charge in [-0.05, 0) is 18.6 Å². The summed E-state index contributed by atoms with van der Waals surface area (Å²) < 4.78 is 5.33. The van der Waals surface area contributed by atoms with Gasteiger partial charge in [0.1, 0.15) is 11.6 Å². The topological polar surface area (TPSA) is 96.6 Å². The van der Waals surface area contributed by atoms with E-state index in [4.69, 9.17) is 9.52 Å². The second kappa shape index (κ2) is 6.04. The molecule has 1 amide bonds. The highest BCUT2D eigenvalue weighted by Crippen LogP contribution is 2.11. The van der Waals surface area contributed by atoms with Gasteiger partial charge in [0.25, 0.3) is 5.91 Å². The predicted molar refractivity (Wildman–Crippen MR) is 76.2 cm³/mol. The maximum atomic E-state index is 12.0. The van der Waals surface area contributed by atoms with Crippen molar-refractivity contribution >= 4 is 22.8 Å². The predicted octanol–water partition coefficient (Wildman–Crippen LogP) is 1.55. The molecule has 2 N–H and O–H groups in total. The summed E-state index contributed by atoms with van der Waals surface area (Å²) in [5, 5.41) is 11.6. The van der Waals surface area contributed by atoms with Gasteiger partial charge in [0.15, 0.2) is 11.2 Å². The summed E-state index contributed by atoms with van der Waals surface area (Å²) >= 11 is 0. The first-order valence-corrected chi connectivity index (χ1v) is 6.20. The van der Waals surface area contributed by atoms with Gasteiger partial charge in [-0.3, -0.25) is 9.59 Å². The van der Waals surface area contributed by atoms with Crippen LogP contribution in [0.4, 0.5) is 0 Å². The Labute approximate surface area is 119 Å². The van der Waals surface area contributed by atoms with Gasteiger partial charge in [-0.1, -0.05) is 18.2 Å². The molecule has 1 unspecified atom stereocenters. The van der Waals surface area contributed by atoms with Gasteiger partial charge < -0.3 is 14.8 Å². The van der Waals surface area contributed by atoms with E-state index in [9.17, 15) is 14.4 Å². The maximum Gasteiger partial charge on any atom is 0.326 e. The third-order valence-electron chi connectivity index (χ3n) is 2.86. The molecule has 1 aromatic carbocycles. The summed E-state index contributed by atoms with van der Waals surface area (Å²) in [5.41, 5.74) is -0.0941. The van der Waals surface area contributed by atoms with Crippen LogP contribution in [0.5, 0.6) is 0 Å². The number of nitrogens with one attached hydrogen (secondary N) is 1. The number of hydrogen-bond donors (Lipinski definition) is 2. The van der Waals surface area contributed by atoms with Gasteiger partial charge in [-0.25, -0.2) is 4.79 Å². The Kier molecular flexibility index (Phi) is 4.18. The summed E-state index contributed by atoms with van der Waals surface area (Å²) in [5.74, 6) is -2.17. The zero-order chi connectivity index (χ0) is 15.4. The van der Waals surface area contributed by atoms with Crippen LogP contribution >= 0.6 is 0 Å². The highest BCUT2D eigenvalue weighted by molar-refractivity contribution is 5.95. The number of benzene rings is 1. The number of para-hydroxylation sites is 1. The molecule has 0 fully saturated rings. The molecule has 0 radical (unpaired) electrons. The van der Waals surface area contributed by atoms with Crippen LogP contribution in [0.2, 0.25) is 0 Å². The Balaban J connectivity index is 2.33. The van der Waals surface area contributed by atoms with Crippen molar-refractivity contribution in [2.24, 2.45) is 0 Å². The molecular formula is C15H13NO5. The third-order valence-corrected chi connectivity index (χ3v) is 2.86. The number of amides is 1. The lowest BCUT2D eigenvalue weighted by atomic mass is 10.2. The lowest BCUT2D eigenvalue weighted by Gasteiger charge is -2.12. The van der Waals surface area contributed by atoms with Crippen molar-refractivity contribution in [2.45, 2.75) is 12.5 Å². The molecular weight excluding hydrogens is 274 g/mol. The fourth-order valence-electron chi connectivity index (χ4n) is 1.83. The molecule has 0 aliphatic carbocycles. The van der Waals surface area contributed by atoms with Crippen LogP contribution in [0.25, 0.3) is 11.0 Å². The van der Waals surface area contributed by atoms with Crippen molar-refractivity contribution < 1.29 is 19.1 Å². The summed E-state index contributed by atoms with van der Waals surface area (Å²) in [6, 6.07) is 6.43. The molecule has 108 valence electrons. The molecule has 6 nitrogen and oxygen atoms in total. The minimum Gasteiger partial charge on any atom is -0.480 e. The molecule has 1 atom stereocenters. The minimum atomic E-state index is -1.19. The Morgan fingerprint density at radius 3 is 2.76 bits per heavy atom. The summed E-state index contributed by atoms with van der Waals surface area (Å²) in [6.45, 7) is 3.43. The van der Waals surface area contributed by atoms with Gasteiger partial charge in [-0.2, -0.15) is 0 Å². The number of carbonyl (C=O) groups is 2. The molecule has 6 heteroatoms. The zero-order valence-corrected chi connectivity index (χ0v) is 11.0. The van der Waals surface area contributed by atoms with E-state index in [1.54, 1.807) is 24.3 Å². The number of fused-ring (bicyclic) bond motifs is 1. The highest BCUT2D eigenvalue weighted by atomic mass is 16.4. The van der Waals surface area contributed by atoms with Crippen LogP contribution in [0.1, 0.15) is 17.0 Å². The summed E-state index contributed by atoms with van der Waals surface area (Å²) in [4.78, 5) is 34.8. The molecule has 2 aromatic rings. The summed E-state index contributed by atoms with van der Waals surface area (Å²) in [7, 11) is 0. The second-order valence-corrected chi connectivity index (χ2v) is 4.36. The number of hydrogen-bond acceptors (Lipinski definition) is 4. The molecule has 0 bridgehead atoms. The molecule has 2 rings (SSSR count). The van der Waals surface area contributed by atoms with Crippen LogP contribution in [0, 0.1) is 0 Å². The van der Waals surface area contributed by atoms with Crippen molar-refractivity contribution in [2.75, 3.05) is 0 Å². The highest BCUT2D eigenvalue weighted by Gasteiger charge is 2.21. The molecule has 0 aliphatic heterocycles. The second-order valence-electron chi connectivity index (χ2n) is 4.36. The van der Waals surface area contributed by atoms with Gasteiger partial charge in [0.05, 0.1) is 5.39 Å². The standard InChI is InChI=1S/C15H13NO5/c1-2-5-10(15(19)20)16-14(18)13-8-11(17)9-6-3-4-7-12(9)21-13/h2-4,6-8,10H,1,5H2,(H,16,18)(H,19,20). The lowest BCUT2D eigenvalue weighted by molar-refractivity contribution is -0.139. The third kappa shape index (κ3) is 3.17. The largest absolute Gasteiger partial charge is 0.480 e. The number of carboxylic acids is 1. The first-order chi connectivity index (χ1) is 10.0. The first kappa shape index (κ1) is 14.5. The molecule has 21 heavy (non-hydrogen) atoms. The molecule has 1 heterocycles. The fourth-order valence-corrected chi connectivity index (χ4v) is 1.83. The number of rotatable bonds is 5. The lowest BCUT2D eigenvalue weighted by Crippen LogP contribution is -2.40. The van der Waals surface area contributed by atoms with Gasteiger partial charge in [-0.15, -0.1) is 6.58 Å². The van der Waals surface area contributed by atoms with Crippen LogP contribution in [0.3, 0.4) is 0 Å². The Hall–Kier alpha value is -2.89. The molecule has 0 saturated heterocycles. The van der Waals surface area contributed by atoms with Gasteiger partial charge in [0, 0.05) is 6.07 Å². The van der Waals surface area contributed by atoms with E-state index in [0.29, 0.717) is 5.39 Å². The van der Waals surface area contributed by atoms with E-state index in [1.165, 1.54) is 6.08 Å². The summed E-state index contributed by atoms with van der Waals surface area (Å²) in [6.07, 6.45) is 1.45. The molecule has 0 aliphatic rings. The van der Waals surface area contributed by atoms with E-state index in [1.807, 2.05) is 0 Å². The molecule has 0 saturated carbocycles. The Morgan fingerprint density at radius 1 is 1.38 bits per heavy atom. The quantitative estimate of drug-likeness (QED) is 0.813. The van der Waals surface area contributed by atoms with E-state index in [2.05, 4.69) is 11.9 Å². The Bertz CT molecular complexity index is 762. The fraction of sp³-hybridized carbons (Fsp3) is 0.133. The van der Waals surface area contributed by atoms with Gasteiger partial charge in [0.2, 0.25) is 0 Å².